The second-order valence-electron chi connectivity index (χ2n) is 6.23. The minimum atomic E-state index is -0.111. The molecule has 2 aromatic heterocycles. The van der Waals surface area contributed by atoms with Gasteiger partial charge in [0, 0.05) is 32.5 Å². The Balaban J connectivity index is 0.00000210. The first-order chi connectivity index (χ1) is 13.2. The molecule has 1 aromatic carbocycles. The third-order valence-electron chi connectivity index (χ3n) is 4.13. The molecule has 2 heterocycles. The van der Waals surface area contributed by atoms with Gasteiger partial charge in [-0.3, -0.25) is 4.79 Å². The number of amides is 1. The molecule has 0 fully saturated rings. The maximum atomic E-state index is 12.9. The maximum absolute atomic E-state index is 12.9. The van der Waals surface area contributed by atoms with Crippen LogP contribution in [0.3, 0.4) is 0 Å². The van der Waals surface area contributed by atoms with Crippen LogP contribution in [0, 0.1) is 0 Å². The minimum Gasteiger partial charge on any atom is -0.455 e. The standard InChI is InChI=1S/C20H24N4O2S.2ClH/c1-23-13-11-22-20(23)27-15-17-8-9-18(26-17)19(25)24(12-5-10-21)14-16-6-3-2-4-7-16;;/h2-4,6-9,11,13H,5,10,12,14-15,21H2,1H3;2*1H. The van der Waals surface area contributed by atoms with Crippen molar-refractivity contribution in [3.63, 3.8) is 0 Å². The highest BCUT2D eigenvalue weighted by atomic mass is 35.5. The van der Waals surface area contributed by atoms with Gasteiger partial charge in [0.15, 0.2) is 10.9 Å². The van der Waals surface area contributed by atoms with Crippen molar-refractivity contribution in [2.75, 3.05) is 13.1 Å². The van der Waals surface area contributed by atoms with E-state index in [2.05, 4.69) is 4.98 Å². The molecular formula is C20H26Cl2N4O2S. The fourth-order valence-electron chi connectivity index (χ4n) is 2.69. The lowest BCUT2D eigenvalue weighted by atomic mass is 10.2. The fourth-order valence-corrected chi connectivity index (χ4v) is 3.52. The summed E-state index contributed by atoms with van der Waals surface area (Å²) in [6, 6.07) is 13.5. The number of hydrogen-bond donors (Lipinski definition) is 1. The lowest BCUT2D eigenvalue weighted by Crippen LogP contribution is -2.32. The first kappa shape index (κ1) is 25.1. The van der Waals surface area contributed by atoms with Crippen molar-refractivity contribution >= 4 is 42.5 Å². The van der Waals surface area contributed by atoms with Gasteiger partial charge in [-0.25, -0.2) is 4.98 Å². The minimum absolute atomic E-state index is 0. The van der Waals surface area contributed by atoms with Gasteiger partial charge in [-0.15, -0.1) is 24.8 Å². The average molecular weight is 457 g/mol. The summed E-state index contributed by atoms with van der Waals surface area (Å²) >= 11 is 1.57. The van der Waals surface area contributed by atoms with Gasteiger partial charge >= 0.3 is 0 Å². The summed E-state index contributed by atoms with van der Waals surface area (Å²) in [5, 5.41) is 0.910. The van der Waals surface area contributed by atoms with E-state index >= 15 is 0 Å². The number of halogens is 2. The van der Waals surface area contributed by atoms with Crippen LogP contribution in [0.1, 0.15) is 28.3 Å². The second kappa shape index (κ2) is 12.6. The lowest BCUT2D eigenvalue weighted by molar-refractivity contribution is 0.0708. The Hall–Kier alpha value is -1.93. The van der Waals surface area contributed by atoms with Crippen LogP contribution in [0.5, 0.6) is 0 Å². The smallest absolute Gasteiger partial charge is 0.289 e. The van der Waals surface area contributed by atoms with Crippen molar-refractivity contribution in [2.45, 2.75) is 23.9 Å². The van der Waals surface area contributed by atoms with E-state index in [9.17, 15) is 4.79 Å². The number of hydrogen-bond acceptors (Lipinski definition) is 5. The van der Waals surface area contributed by atoms with Gasteiger partial charge in [-0.05, 0) is 30.7 Å². The average Bonchev–Trinajstić information content (AvgIpc) is 3.32. The second-order valence-corrected chi connectivity index (χ2v) is 7.17. The number of nitrogens with zero attached hydrogens (tertiary/aromatic N) is 3. The predicted octanol–water partition coefficient (Wildman–Crippen LogP) is 4.14. The summed E-state index contributed by atoms with van der Waals surface area (Å²) in [7, 11) is 1.95. The highest BCUT2D eigenvalue weighted by Gasteiger charge is 2.19. The first-order valence-corrected chi connectivity index (χ1v) is 9.88. The van der Waals surface area contributed by atoms with Gasteiger partial charge < -0.3 is 19.6 Å². The Morgan fingerprint density at radius 2 is 1.97 bits per heavy atom. The van der Waals surface area contributed by atoms with Gasteiger partial charge in [0.2, 0.25) is 0 Å². The number of aromatic nitrogens is 2. The van der Waals surface area contributed by atoms with Crippen molar-refractivity contribution < 1.29 is 9.21 Å². The van der Waals surface area contributed by atoms with Crippen LogP contribution in [-0.4, -0.2) is 33.4 Å². The largest absolute Gasteiger partial charge is 0.455 e. The van der Waals surface area contributed by atoms with E-state index in [1.165, 1.54) is 0 Å². The number of carbonyl (C=O) groups excluding carboxylic acids is 1. The molecule has 9 heteroatoms. The Morgan fingerprint density at radius 1 is 1.21 bits per heavy atom. The lowest BCUT2D eigenvalue weighted by Gasteiger charge is -2.21. The highest BCUT2D eigenvalue weighted by molar-refractivity contribution is 7.98. The van der Waals surface area contributed by atoms with E-state index in [0.29, 0.717) is 31.1 Å². The zero-order valence-corrected chi connectivity index (χ0v) is 18.6. The molecule has 0 bridgehead atoms. The summed E-state index contributed by atoms with van der Waals surface area (Å²) in [6.07, 6.45) is 4.41. The molecule has 3 rings (SSSR count). The molecule has 0 saturated carbocycles. The fraction of sp³-hybridized carbons (Fsp3) is 0.300. The molecule has 0 atom stereocenters. The van der Waals surface area contributed by atoms with Crippen LogP contribution >= 0.6 is 36.6 Å². The number of furan rings is 1. The quantitative estimate of drug-likeness (QED) is 0.489. The van der Waals surface area contributed by atoms with Crippen LogP contribution < -0.4 is 5.73 Å². The molecule has 2 N–H and O–H groups in total. The van der Waals surface area contributed by atoms with Gasteiger partial charge in [0.1, 0.15) is 5.76 Å². The highest BCUT2D eigenvalue weighted by Crippen LogP contribution is 2.22. The Morgan fingerprint density at radius 3 is 2.62 bits per heavy atom. The molecule has 6 nitrogen and oxygen atoms in total. The third kappa shape index (κ3) is 7.12. The predicted molar refractivity (Wildman–Crippen MR) is 121 cm³/mol. The number of benzene rings is 1. The van der Waals surface area contributed by atoms with E-state index in [1.807, 2.05) is 54.2 Å². The van der Waals surface area contributed by atoms with Gasteiger partial charge in [-0.2, -0.15) is 0 Å². The van der Waals surface area contributed by atoms with Crippen molar-refractivity contribution in [1.82, 2.24) is 14.5 Å². The normalized spacial score (nSPS) is 10.1. The van der Waals surface area contributed by atoms with Gasteiger partial charge in [0.05, 0.1) is 5.75 Å². The summed E-state index contributed by atoms with van der Waals surface area (Å²) in [5.74, 6) is 1.63. The molecule has 0 unspecified atom stereocenters. The van der Waals surface area contributed by atoms with Crippen LogP contribution in [0.4, 0.5) is 0 Å². The maximum Gasteiger partial charge on any atom is 0.289 e. The Bertz CT molecular complexity index is 870. The molecule has 0 aliphatic heterocycles. The van der Waals surface area contributed by atoms with E-state index in [-0.39, 0.29) is 30.7 Å². The number of rotatable bonds is 9. The zero-order valence-electron chi connectivity index (χ0n) is 16.2. The van der Waals surface area contributed by atoms with E-state index in [4.69, 9.17) is 10.2 Å². The van der Waals surface area contributed by atoms with Crippen molar-refractivity contribution in [3.8, 4) is 0 Å². The molecule has 1 amide bonds. The van der Waals surface area contributed by atoms with Crippen molar-refractivity contribution in [2.24, 2.45) is 12.8 Å². The molecule has 0 saturated heterocycles. The molecule has 0 spiro atoms. The molecule has 3 aromatic rings. The van der Waals surface area contributed by atoms with Gasteiger partial charge in [0.25, 0.3) is 5.91 Å². The SMILES string of the molecule is Cl.Cl.Cn1ccnc1SCc1ccc(C(=O)N(CCCN)Cc2ccccc2)o1. The summed E-state index contributed by atoms with van der Waals surface area (Å²) < 4.78 is 7.75. The first-order valence-electron chi connectivity index (χ1n) is 8.89. The molecule has 29 heavy (non-hydrogen) atoms. The number of carbonyl (C=O) groups is 1. The van der Waals surface area contributed by atoms with Crippen LogP contribution in [0.2, 0.25) is 0 Å². The topological polar surface area (TPSA) is 77.3 Å². The number of imidazole rings is 1. The van der Waals surface area contributed by atoms with Crippen LogP contribution in [0.25, 0.3) is 0 Å². The van der Waals surface area contributed by atoms with E-state index < -0.39 is 0 Å². The van der Waals surface area contributed by atoms with Crippen molar-refractivity contribution in [1.29, 1.82) is 0 Å². The molecule has 0 aliphatic carbocycles. The number of nitrogens with two attached hydrogens (primary N) is 1. The van der Waals surface area contributed by atoms with Crippen LogP contribution in [0.15, 0.2) is 64.4 Å². The Kier molecular flexibility index (Phi) is 10.9. The monoisotopic (exact) mass is 456 g/mol. The third-order valence-corrected chi connectivity index (χ3v) is 5.21. The molecule has 158 valence electrons. The Labute approximate surface area is 187 Å². The molecule has 0 aliphatic rings. The van der Waals surface area contributed by atoms with Crippen LogP contribution in [-0.2, 0) is 19.3 Å². The summed E-state index contributed by atoms with van der Waals surface area (Å²) in [4.78, 5) is 19.0. The van der Waals surface area contributed by atoms with Gasteiger partial charge in [-0.1, -0.05) is 42.1 Å². The summed E-state index contributed by atoms with van der Waals surface area (Å²) in [5.41, 5.74) is 6.72. The number of aryl methyl sites for hydroxylation is 1. The summed E-state index contributed by atoms with van der Waals surface area (Å²) in [6.45, 7) is 1.68. The van der Waals surface area contributed by atoms with E-state index in [0.717, 1.165) is 22.9 Å². The van der Waals surface area contributed by atoms with E-state index in [1.54, 1.807) is 28.9 Å². The zero-order chi connectivity index (χ0) is 19.1. The number of thioether (sulfide) groups is 1. The molecular weight excluding hydrogens is 431 g/mol. The molecule has 0 radical (unpaired) electrons. The van der Waals surface area contributed by atoms with Crippen molar-refractivity contribution in [3.05, 3.63) is 71.9 Å².